The van der Waals surface area contributed by atoms with Crippen molar-refractivity contribution in [3.63, 3.8) is 0 Å². The molecule has 2 heterocycles. The van der Waals surface area contributed by atoms with Gasteiger partial charge >= 0.3 is 0 Å². The second kappa shape index (κ2) is 5.75. The summed E-state index contributed by atoms with van der Waals surface area (Å²) in [6, 6.07) is 6.88. The lowest BCUT2D eigenvalue weighted by atomic mass is 10.1. The van der Waals surface area contributed by atoms with Crippen LogP contribution in [0.4, 0.5) is 5.69 Å². The molecule has 0 unspecified atom stereocenters. The molecule has 1 saturated heterocycles. The topological polar surface area (TPSA) is 85.8 Å². The molecule has 0 aliphatic carbocycles. The van der Waals surface area contributed by atoms with Crippen LogP contribution >= 0.6 is 0 Å². The third-order valence-electron chi connectivity index (χ3n) is 3.68. The number of rotatable bonds is 2. The number of allylic oxidation sites excluding steroid dienone is 1. The monoisotopic (exact) mass is 313 g/mol. The summed E-state index contributed by atoms with van der Waals surface area (Å²) in [5, 5.41) is 7.15. The average Bonchev–Trinajstić information content (AvgIpc) is 2.90. The number of amides is 2. The molecular formula is C16H19N5O2. The number of aryl methyl sites for hydroxylation is 1. The molecule has 23 heavy (non-hydrogen) atoms. The molecule has 1 aromatic rings. The van der Waals surface area contributed by atoms with Crippen LogP contribution < -0.4 is 16.1 Å². The molecule has 0 bridgehead atoms. The van der Waals surface area contributed by atoms with Gasteiger partial charge in [0.2, 0.25) is 17.8 Å². The Morgan fingerprint density at radius 1 is 1.39 bits per heavy atom. The summed E-state index contributed by atoms with van der Waals surface area (Å²) in [7, 11) is 0. The Morgan fingerprint density at radius 2 is 2.17 bits per heavy atom. The van der Waals surface area contributed by atoms with E-state index in [1.54, 1.807) is 5.01 Å². The summed E-state index contributed by atoms with van der Waals surface area (Å²) < 4.78 is 0. The van der Waals surface area contributed by atoms with Gasteiger partial charge in [0, 0.05) is 5.69 Å². The van der Waals surface area contributed by atoms with E-state index < -0.39 is 6.04 Å². The van der Waals surface area contributed by atoms with E-state index in [9.17, 15) is 9.59 Å². The molecule has 7 nitrogen and oxygen atoms in total. The molecule has 1 aromatic carbocycles. The fraction of sp³-hybridized carbons (Fsp3) is 0.312. The third-order valence-corrected chi connectivity index (χ3v) is 3.68. The van der Waals surface area contributed by atoms with Gasteiger partial charge < -0.3 is 5.32 Å². The van der Waals surface area contributed by atoms with E-state index in [4.69, 9.17) is 0 Å². The van der Waals surface area contributed by atoms with Crippen molar-refractivity contribution in [1.29, 1.82) is 0 Å². The highest BCUT2D eigenvalue weighted by Gasteiger charge is 2.39. The minimum absolute atomic E-state index is 0.0692. The van der Waals surface area contributed by atoms with Gasteiger partial charge in [0.1, 0.15) is 11.9 Å². The van der Waals surface area contributed by atoms with Crippen molar-refractivity contribution >= 4 is 23.5 Å². The van der Waals surface area contributed by atoms with Crippen molar-refractivity contribution in [3.05, 3.63) is 41.2 Å². The lowest BCUT2D eigenvalue weighted by molar-refractivity contribution is -0.129. The first-order valence-electron chi connectivity index (χ1n) is 7.43. The normalized spacial score (nSPS) is 19.5. The maximum Gasteiger partial charge on any atom is 0.249 e. The largest absolute Gasteiger partial charge is 0.324 e. The van der Waals surface area contributed by atoms with Crippen LogP contribution in [0.5, 0.6) is 0 Å². The summed E-state index contributed by atoms with van der Waals surface area (Å²) in [6.45, 7) is 5.78. The highest BCUT2D eigenvalue weighted by atomic mass is 16.2. The lowest BCUT2D eigenvalue weighted by Crippen LogP contribution is -2.61. The van der Waals surface area contributed by atoms with Crippen LogP contribution in [-0.4, -0.2) is 28.8 Å². The minimum atomic E-state index is -0.653. The summed E-state index contributed by atoms with van der Waals surface area (Å²) >= 11 is 0. The summed E-state index contributed by atoms with van der Waals surface area (Å²) in [6.07, 6.45) is 0.0692. The molecule has 2 aliphatic rings. The number of carbonyl (C=O) groups is 2. The first-order valence-corrected chi connectivity index (χ1v) is 7.43. The molecule has 1 fully saturated rings. The van der Waals surface area contributed by atoms with Crippen LogP contribution in [0.2, 0.25) is 0 Å². The molecule has 120 valence electrons. The van der Waals surface area contributed by atoms with E-state index in [0.29, 0.717) is 17.5 Å². The van der Waals surface area contributed by atoms with Gasteiger partial charge in [-0.3, -0.25) is 20.3 Å². The Hall–Kier alpha value is -2.83. The van der Waals surface area contributed by atoms with E-state index in [0.717, 1.165) is 11.1 Å². The van der Waals surface area contributed by atoms with E-state index in [1.807, 2.05) is 45.0 Å². The number of carbonyl (C=O) groups excluding carboxylic acids is 2. The molecular weight excluding hydrogens is 294 g/mol. The molecule has 2 amide bonds. The Kier molecular flexibility index (Phi) is 3.77. The highest BCUT2D eigenvalue weighted by Crippen LogP contribution is 2.20. The SMILES string of the molecule is CC(C)=C1N=C2NC(=O)C[C@H](C(=O)Nc3cccc(C)c3)N2N1. The number of anilines is 1. The zero-order valence-electron chi connectivity index (χ0n) is 13.3. The number of nitrogens with zero attached hydrogens (tertiary/aromatic N) is 2. The molecule has 0 spiro atoms. The molecule has 7 heteroatoms. The number of hydrazine groups is 1. The quantitative estimate of drug-likeness (QED) is 0.767. The molecule has 2 aliphatic heterocycles. The van der Waals surface area contributed by atoms with E-state index >= 15 is 0 Å². The van der Waals surface area contributed by atoms with Crippen LogP contribution in [0.1, 0.15) is 25.8 Å². The van der Waals surface area contributed by atoms with Crippen LogP contribution in [0.15, 0.2) is 40.7 Å². The van der Waals surface area contributed by atoms with Gasteiger partial charge in [0.15, 0.2) is 0 Å². The number of hydrogen-bond donors (Lipinski definition) is 3. The van der Waals surface area contributed by atoms with Crippen LogP contribution in [0, 0.1) is 6.92 Å². The number of benzene rings is 1. The van der Waals surface area contributed by atoms with Gasteiger partial charge in [-0.1, -0.05) is 12.1 Å². The van der Waals surface area contributed by atoms with Gasteiger partial charge in [-0.25, -0.2) is 5.01 Å². The van der Waals surface area contributed by atoms with Crippen LogP contribution in [0.3, 0.4) is 0 Å². The molecule has 3 N–H and O–H groups in total. The van der Waals surface area contributed by atoms with Crippen molar-refractivity contribution in [3.8, 4) is 0 Å². The van der Waals surface area contributed by atoms with Crippen molar-refractivity contribution in [2.75, 3.05) is 5.32 Å². The Labute approximate surface area is 134 Å². The highest BCUT2D eigenvalue weighted by molar-refractivity contribution is 6.07. The minimum Gasteiger partial charge on any atom is -0.324 e. The number of fused-ring (bicyclic) bond motifs is 1. The zero-order chi connectivity index (χ0) is 16.6. The summed E-state index contributed by atoms with van der Waals surface area (Å²) in [4.78, 5) is 28.8. The smallest absolute Gasteiger partial charge is 0.249 e. The fourth-order valence-corrected chi connectivity index (χ4v) is 2.49. The van der Waals surface area contributed by atoms with Gasteiger partial charge in [-0.05, 0) is 44.0 Å². The zero-order valence-corrected chi connectivity index (χ0v) is 13.3. The van der Waals surface area contributed by atoms with Gasteiger partial charge in [0.05, 0.1) is 6.42 Å². The summed E-state index contributed by atoms with van der Waals surface area (Å²) in [5.41, 5.74) is 5.81. The van der Waals surface area contributed by atoms with Crippen LogP contribution in [0.25, 0.3) is 0 Å². The first kappa shape index (κ1) is 15.1. The summed E-state index contributed by atoms with van der Waals surface area (Å²) in [5.74, 6) is 0.541. The van der Waals surface area contributed by atoms with Gasteiger partial charge in [-0.15, -0.1) is 0 Å². The Bertz CT molecular complexity index is 734. The van der Waals surface area contributed by atoms with Crippen molar-refractivity contribution < 1.29 is 9.59 Å². The van der Waals surface area contributed by atoms with Crippen molar-refractivity contribution in [2.45, 2.75) is 33.2 Å². The van der Waals surface area contributed by atoms with E-state index in [2.05, 4.69) is 21.1 Å². The Morgan fingerprint density at radius 3 is 2.87 bits per heavy atom. The predicted molar refractivity (Wildman–Crippen MR) is 87.1 cm³/mol. The lowest BCUT2D eigenvalue weighted by Gasteiger charge is -2.32. The third kappa shape index (κ3) is 3.03. The second-order valence-electron chi connectivity index (χ2n) is 5.89. The number of nitrogens with one attached hydrogen (secondary N) is 3. The van der Waals surface area contributed by atoms with Gasteiger partial charge in [0.25, 0.3) is 0 Å². The molecule has 0 radical (unpaired) electrons. The molecule has 0 aromatic heterocycles. The average molecular weight is 313 g/mol. The fourth-order valence-electron chi connectivity index (χ4n) is 2.49. The second-order valence-corrected chi connectivity index (χ2v) is 5.89. The van der Waals surface area contributed by atoms with Crippen molar-refractivity contribution in [2.24, 2.45) is 4.99 Å². The number of hydrogen-bond acceptors (Lipinski definition) is 5. The standard InChI is InChI=1S/C16H19N5O2/c1-9(2)14-19-16-18-13(22)8-12(21(16)20-14)15(23)17-11-6-4-5-10(3)7-11/h4-7,12,20H,8H2,1-3H3,(H,17,23)(H,18,19,22)/t12-/m1/s1. The van der Waals surface area contributed by atoms with Crippen LogP contribution in [-0.2, 0) is 9.59 Å². The number of guanidine groups is 1. The number of aliphatic imine (C=N–C) groups is 1. The van der Waals surface area contributed by atoms with Gasteiger partial charge in [-0.2, -0.15) is 4.99 Å². The van der Waals surface area contributed by atoms with E-state index in [-0.39, 0.29) is 18.2 Å². The van der Waals surface area contributed by atoms with Crippen molar-refractivity contribution in [1.82, 2.24) is 15.8 Å². The molecule has 0 saturated carbocycles. The first-order chi connectivity index (χ1) is 10.9. The predicted octanol–water partition coefficient (Wildman–Crippen LogP) is 1.25. The van der Waals surface area contributed by atoms with E-state index in [1.165, 1.54) is 0 Å². The molecule has 1 atom stereocenters. The maximum absolute atomic E-state index is 12.6. The molecule has 3 rings (SSSR count). The Balaban J connectivity index is 1.81. The maximum atomic E-state index is 12.6.